The molecule has 2 N–H and O–H groups in total. The second-order valence-corrected chi connectivity index (χ2v) is 4.85. The van der Waals surface area contributed by atoms with E-state index in [4.69, 9.17) is 10.5 Å². The highest BCUT2D eigenvalue weighted by Crippen LogP contribution is 2.29. The first kappa shape index (κ1) is 13.5. The fourth-order valence-corrected chi connectivity index (χ4v) is 2.37. The minimum atomic E-state index is -0.111. The van der Waals surface area contributed by atoms with E-state index in [2.05, 4.69) is 6.92 Å². The number of ether oxygens (including phenoxy) is 1. The van der Waals surface area contributed by atoms with E-state index in [0.717, 1.165) is 19.3 Å². The highest BCUT2D eigenvalue weighted by Gasteiger charge is 2.27. The molecule has 1 aliphatic rings. The number of nitrogens with two attached hydrogens (primary N) is 1. The molecule has 3 nitrogen and oxygen atoms in total. The first-order valence-electron chi connectivity index (χ1n) is 6.62. The lowest BCUT2D eigenvalue weighted by molar-refractivity contribution is -0.154. The van der Waals surface area contributed by atoms with Crippen molar-refractivity contribution in [3.63, 3.8) is 0 Å². The predicted molar refractivity (Wildman–Crippen MR) is 65.0 cm³/mol. The molecular weight excluding hydrogens is 202 g/mol. The number of esters is 1. The third kappa shape index (κ3) is 4.12. The summed E-state index contributed by atoms with van der Waals surface area (Å²) >= 11 is 0. The predicted octanol–water partition coefficient (Wildman–Crippen LogP) is 2.63. The van der Waals surface area contributed by atoms with Crippen molar-refractivity contribution >= 4 is 5.97 Å². The molecular formula is C13H25NO2. The van der Waals surface area contributed by atoms with Crippen LogP contribution in [-0.2, 0) is 9.53 Å². The monoisotopic (exact) mass is 227 g/mol. The number of carbonyl (C=O) groups excluding carboxylic acids is 1. The van der Waals surface area contributed by atoms with Gasteiger partial charge in [-0.3, -0.25) is 4.79 Å². The fraction of sp³-hybridized carbons (Fsp3) is 0.923. The third-order valence-electron chi connectivity index (χ3n) is 3.60. The summed E-state index contributed by atoms with van der Waals surface area (Å²) in [6.45, 7) is 4.17. The molecule has 0 radical (unpaired) electrons. The van der Waals surface area contributed by atoms with E-state index in [1.165, 1.54) is 19.3 Å². The van der Waals surface area contributed by atoms with Crippen LogP contribution in [-0.4, -0.2) is 18.1 Å². The molecule has 0 spiro atoms. The van der Waals surface area contributed by atoms with Crippen LogP contribution in [0.2, 0.25) is 0 Å². The van der Waals surface area contributed by atoms with E-state index < -0.39 is 0 Å². The number of rotatable bonds is 5. The van der Waals surface area contributed by atoms with Gasteiger partial charge in [-0.1, -0.05) is 20.3 Å². The molecule has 3 atom stereocenters. The third-order valence-corrected chi connectivity index (χ3v) is 3.60. The summed E-state index contributed by atoms with van der Waals surface area (Å²) in [6.07, 6.45) is 7.16. The Morgan fingerprint density at radius 3 is 2.69 bits per heavy atom. The van der Waals surface area contributed by atoms with Crippen LogP contribution in [0.3, 0.4) is 0 Å². The van der Waals surface area contributed by atoms with Crippen LogP contribution in [0.25, 0.3) is 0 Å². The normalized spacial score (nSPS) is 27.4. The topological polar surface area (TPSA) is 52.3 Å². The zero-order valence-electron chi connectivity index (χ0n) is 10.6. The van der Waals surface area contributed by atoms with E-state index in [-0.39, 0.29) is 18.1 Å². The minimum Gasteiger partial charge on any atom is -0.462 e. The SMILES string of the molecule is CCC(N)CC(=O)OC1CCCCC1CC. The summed E-state index contributed by atoms with van der Waals surface area (Å²) in [4.78, 5) is 11.6. The molecule has 1 aliphatic carbocycles. The molecule has 0 aliphatic heterocycles. The van der Waals surface area contributed by atoms with Gasteiger partial charge in [-0.05, 0) is 38.0 Å². The lowest BCUT2D eigenvalue weighted by atomic mass is 9.85. The van der Waals surface area contributed by atoms with Crippen LogP contribution in [0.5, 0.6) is 0 Å². The summed E-state index contributed by atoms with van der Waals surface area (Å²) in [5.41, 5.74) is 5.75. The van der Waals surface area contributed by atoms with Crippen molar-refractivity contribution in [2.24, 2.45) is 11.7 Å². The van der Waals surface area contributed by atoms with Gasteiger partial charge >= 0.3 is 5.97 Å². The second kappa shape index (κ2) is 6.89. The lowest BCUT2D eigenvalue weighted by Crippen LogP contribution is -2.32. The van der Waals surface area contributed by atoms with Crippen LogP contribution in [0.1, 0.15) is 58.8 Å². The maximum absolute atomic E-state index is 11.6. The van der Waals surface area contributed by atoms with Gasteiger partial charge in [0.25, 0.3) is 0 Å². The van der Waals surface area contributed by atoms with Crippen LogP contribution in [0.4, 0.5) is 0 Å². The molecule has 0 aromatic carbocycles. The molecule has 0 aromatic heterocycles. The van der Waals surface area contributed by atoms with Crippen LogP contribution in [0, 0.1) is 5.92 Å². The van der Waals surface area contributed by atoms with E-state index in [1.54, 1.807) is 0 Å². The van der Waals surface area contributed by atoms with Crippen LogP contribution in [0.15, 0.2) is 0 Å². The molecule has 0 bridgehead atoms. The zero-order valence-corrected chi connectivity index (χ0v) is 10.6. The largest absolute Gasteiger partial charge is 0.462 e. The Labute approximate surface area is 98.7 Å². The molecule has 94 valence electrons. The molecule has 0 aromatic rings. The Hall–Kier alpha value is -0.570. The zero-order chi connectivity index (χ0) is 12.0. The summed E-state index contributed by atoms with van der Waals surface area (Å²) in [5, 5.41) is 0. The Morgan fingerprint density at radius 1 is 1.38 bits per heavy atom. The molecule has 1 rings (SSSR count). The highest BCUT2D eigenvalue weighted by atomic mass is 16.5. The summed E-state index contributed by atoms with van der Waals surface area (Å²) < 4.78 is 5.55. The van der Waals surface area contributed by atoms with E-state index in [1.807, 2.05) is 6.92 Å². The van der Waals surface area contributed by atoms with Crippen LogP contribution < -0.4 is 5.73 Å². The molecule has 1 saturated carbocycles. The Morgan fingerprint density at radius 2 is 2.06 bits per heavy atom. The standard InChI is InChI=1S/C13H25NO2/c1-3-10-7-5-6-8-12(10)16-13(15)9-11(14)4-2/h10-12H,3-9,14H2,1-2H3. The molecule has 3 heteroatoms. The van der Waals surface area contributed by atoms with Crippen molar-refractivity contribution in [1.29, 1.82) is 0 Å². The average molecular weight is 227 g/mol. The first-order valence-corrected chi connectivity index (χ1v) is 6.62. The summed E-state index contributed by atoms with van der Waals surface area (Å²) in [5.74, 6) is 0.454. The smallest absolute Gasteiger partial charge is 0.307 e. The first-order chi connectivity index (χ1) is 7.67. The Bertz CT molecular complexity index is 218. The summed E-state index contributed by atoms with van der Waals surface area (Å²) in [7, 11) is 0. The Kier molecular flexibility index (Phi) is 5.81. The van der Waals surface area contributed by atoms with Gasteiger partial charge in [0, 0.05) is 6.04 Å². The van der Waals surface area contributed by atoms with E-state index in [0.29, 0.717) is 12.3 Å². The van der Waals surface area contributed by atoms with Crippen molar-refractivity contribution in [2.45, 2.75) is 70.9 Å². The van der Waals surface area contributed by atoms with Gasteiger partial charge in [0.2, 0.25) is 0 Å². The number of hydrogen-bond donors (Lipinski definition) is 1. The molecule has 0 amide bonds. The molecule has 0 heterocycles. The van der Waals surface area contributed by atoms with Gasteiger partial charge < -0.3 is 10.5 Å². The molecule has 3 unspecified atom stereocenters. The summed E-state index contributed by atoms with van der Waals surface area (Å²) in [6, 6.07) is -0.0452. The molecule has 1 fully saturated rings. The van der Waals surface area contributed by atoms with Gasteiger partial charge in [0.05, 0.1) is 6.42 Å². The van der Waals surface area contributed by atoms with Crippen molar-refractivity contribution in [2.75, 3.05) is 0 Å². The number of carbonyl (C=O) groups is 1. The van der Waals surface area contributed by atoms with Gasteiger partial charge in [-0.25, -0.2) is 0 Å². The van der Waals surface area contributed by atoms with Crippen molar-refractivity contribution < 1.29 is 9.53 Å². The van der Waals surface area contributed by atoms with Gasteiger partial charge in [-0.15, -0.1) is 0 Å². The second-order valence-electron chi connectivity index (χ2n) is 4.85. The van der Waals surface area contributed by atoms with Gasteiger partial charge in [-0.2, -0.15) is 0 Å². The Balaban J connectivity index is 2.36. The van der Waals surface area contributed by atoms with Gasteiger partial charge in [0.15, 0.2) is 0 Å². The van der Waals surface area contributed by atoms with E-state index in [9.17, 15) is 4.79 Å². The van der Waals surface area contributed by atoms with Crippen LogP contribution >= 0.6 is 0 Å². The van der Waals surface area contributed by atoms with Crippen molar-refractivity contribution in [3.8, 4) is 0 Å². The maximum atomic E-state index is 11.6. The highest BCUT2D eigenvalue weighted by molar-refractivity contribution is 5.70. The quantitative estimate of drug-likeness (QED) is 0.735. The lowest BCUT2D eigenvalue weighted by Gasteiger charge is -2.30. The number of hydrogen-bond acceptors (Lipinski definition) is 3. The van der Waals surface area contributed by atoms with Crippen molar-refractivity contribution in [3.05, 3.63) is 0 Å². The fourth-order valence-electron chi connectivity index (χ4n) is 2.37. The minimum absolute atomic E-state index is 0.0452. The van der Waals surface area contributed by atoms with Gasteiger partial charge in [0.1, 0.15) is 6.10 Å². The van der Waals surface area contributed by atoms with E-state index >= 15 is 0 Å². The molecule has 0 saturated heterocycles. The van der Waals surface area contributed by atoms with Crippen molar-refractivity contribution in [1.82, 2.24) is 0 Å². The molecule has 16 heavy (non-hydrogen) atoms. The average Bonchev–Trinajstić information content (AvgIpc) is 2.29. The maximum Gasteiger partial charge on any atom is 0.307 e.